The van der Waals surface area contributed by atoms with Crippen molar-refractivity contribution in [2.24, 2.45) is 0 Å². The summed E-state index contributed by atoms with van der Waals surface area (Å²) >= 11 is 5.39. The number of ketones is 1. The second-order valence-corrected chi connectivity index (χ2v) is 4.17. The molecule has 0 radical (unpaired) electrons. The molecule has 0 heterocycles. The van der Waals surface area contributed by atoms with Crippen molar-refractivity contribution < 1.29 is 28.6 Å². The zero-order valence-electron chi connectivity index (χ0n) is 9.65. The van der Waals surface area contributed by atoms with Gasteiger partial charge in [-0.15, -0.1) is 11.6 Å². The van der Waals surface area contributed by atoms with E-state index >= 15 is 0 Å². The Morgan fingerprint density at radius 3 is 2.26 bits per heavy atom. The first-order valence-electron chi connectivity index (χ1n) is 5.30. The number of benzene rings is 1. The first-order chi connectivity index (χ1) is 8.86. The minimum Gasteiger partial charge on any atom is -0.479 e. The molecule has 1 aromatic carbocycles. The Kier molecular flexibility index (Phi) is 5.38. The normalized spacial score (nSPS) is 12.5. The van der Waals surface area contributed by atoms with E-state index < -0.39 is 29.8 Å². The monoisotopic (exact) mass is 292 g/mol. The number of aliphatic hydroxyl groups excluding tert-OH is 1. The third-order valence-electron chi connectivity index (χ3n) is 2.42. The van der Waals surface area contributed by atoms with Gasteiger partial charge in [0.1, 0.15) is 0 Å². The Morgan fingerprint density at radius 2 is 1.79 bits per heavy atom. The quantitative estimate of drug-likeness (QED) is 0.624. The van der Waals surface area contributed by atoms with E-state index in [9.17, 15) is 23.5 Å². The smallest absolute Gasteiger partial charge is 0.337 e. The molecule has 0 fully saturated rings. The second-order valence-electron chi connectivity index (χ2n) is 3.79. The van der Waals surface area contributed by atoms with Gasteiger partial charge in [0.15, 0.2) is 11.9 Å². The highest BCUT2D eigenvalue weighted by atomic mass is 35.5. The second kappa shape index (κ2) is 6.58. The van der Waals surface area contributed by atoms with Crippen LogP contribution in [-0.4, -0.2) is 27.8 Å². The molecule has 1 aromatic rings. The third-order valence-corrected chi connectivity index (χ3v) is 2.61. The van der Waals surface area contributed by atoms with E-state index in [1.54, 1.807) is 0 Å². The first-order valence-corrected chi connectivity index (χ1v) is 5.83. The van der Waals surface area contributed by atoms with Crippen LogP contribution in [-0.2, 0) is 4.79 Å². The van der Waals surface area contributed by atoms with Gasteiger partial charge >= 0.3 is 5.97 Å². The van der Waals surface area contributed by atoms with Gasteiger partial charge in [-0.25, -0.2) is 13.6 Å². The SMILES string of the molecule is O=C(CCCl)c1cc(C(F)F)cc(C(O)C(=O)O)c1. The van der Waals surface area contributed by atoms with Crippen molar-refractivity contribution >= 4 is 23.4 Å². The molecule has 1 unspecified atom stereocenters. The number of carboxylic acids is 1. The fourth-order valence-electron chi connectivity index (χ4n) is 1.49. The summed E-state index contributed by atoms with van der Waals surface area (Å²) in [6.45, 7) is 0. The van der Waals surface area contributed by atoms with Crippen molar-refractivity contribution in [3.05, 3.63) is 34.9 Å². The van der Waals surface area contributed by atoms with Crippen LogP contribution in [0, 0.1) is 0 Å². The molecule has 0 bridgehead atoms. The van der Waals surface area contributed by atoms with E-state index in [1.807, 2.05) is 0 Å². The van der Waals surface area contributed by atoms with Crippen LogP contribution in [0.1, 0.15) is 40.4 Å². The predicted octanol–water partition coefficient (Wildman–Crippen LogP) is 2.55. The summed E-state index contributed by atoms with van der Waals surface area (Å²) in [5.41, 5.74) is -0.868. The summed E-state index contributed by atoms with van der Waals surface area (Å²) in [6, 6.07) is 2.91. The zero-order chi connectivity index (χ0) is 14.6. The number of aliphatic hydroxyl groups is 1. The summed E-state index contributed by atoms with van der Waals surface area (Å²) in [6.07, 6.45) is -4.89. The molecular formula is C12H11ClF2O4. The van der Waals surface area contributed by atoms with E-state index in [0.29, 0.717) is 0 Å². The Labute approximate surface area is 112 Å². The van der Waals surface area contributed by atoms with Crippen LogP contribution in [0.3, 0.4) is 0 Å². The summed E-state index contributed by atoms with van der Waals surface area (Å²) in [5.74, 6) is -2.05. The van der Waals surface area contributed by atoms with E-state index in [1.165, 1.54) is 0 Å². The fraction of sp³-hybridized carbons (Fsp3) is 0.333. The maximum Gasteiger partial charge on any atom is 0.337 e. The van der Waals surface area contributed by atoms with Crippen molar-refractivity contribution in [1.82, 2.24) is 0 Å². The maximum atomic E-state index is 12.7. The molecule has 0 saturated heterocycles. The molecule has 0 aliphatic heterocycles. The van der Waals surface area contributed by atoms with Crippen molar-refractivity contribution in [3.63, 3.8) is 0 Å². The minimum absolute atomic E-state index is 0.0224. The molecule has 0 saturated carbocycles. The average molecular weight is 293 g/mol. The summed E-state index contributed by atoms with van der Waals surface area (Å²) < 4.78 is 25.3. The predicted molar refractivity (Wildman–Crippen MR) is 63.7 cm³/mol. The lowest BCUT2D eigenvalue weighted by molar-refractivity contribution is -0.146. The molecule has 1 rings (SSSR count). The largest absolute Gasteiger partial charge is 0.479 e. The van der Waals surface area contributed by atoms with Gasteiger partial charge < -0.3 is 10.2 Å². The lowest BCUT2D eigenvalue weighted by Crippen LogP contribution is -2.12. The number of carbonyl (C=O) groups excluding carboxylic acids is 1. The average Bonchev–Trinajstić information content (AvgIpc) is 2.37. The zero-order valence-corrected chi connectivity index (χ0v) is 10.4. The van der Waals surface area contributed by atoms with Crippen LogP contribution in [0.4, 0.5) is 8.78 Å². The summed E-state index contributed by atoms with van der Waals surface area (Å²) in [7, 11) is 0. The first kappa shape index (κ1) is 15.5. The Hall–Kier alpha value is -1.53. The number of aliphatic carboxylic acids is 1. The van der Waals surface area contributed by atoms with Crippen LogP contribution < -0.4 is 0 Å². The maximum absolute atomic E-state index is 12.7. The number of carboxylic acid groups (broad SMARTS) is 1. The van der Waals surface area contributed by atoms with Crippen LogP contribution >= 0.6 is 11.6 Å². The Bertz CT molecular complexity index is 491. The molecule has 0 aromatic heterocycles. The minimum atomic E-state index is -2.87. The Morgan fingerprint density at radius 1 is 1.21 bits per heavy atom. The van der Waals surface area contributed by atoms with Gasteiger partial charge in [0.05, 0.1) is 0 Å². The van der Waals surface area contributed by atoms with Crippen molar-refractivity contribution in [2.75, 3.05) is 5.88 Å². The molecule has 1 atom stereocenters. The van der Waals surface area contributed by atoms with Crippen LogP contribution in [0.25, 0.3) is 0 Å². The number of carbonyl (C=O) groups is 2. The van der Waals surface area contributed by atoms with E-state index in [0.717, 1.165) is 18.2 Å². The Balaban J connectivity index is 3.25. The van der Waals surface area contributed by atoms with Gasteiger partial charge in [-0.05, 0) is 23.8 Å². The van der Waals surface area contributed by atoms with Crippen molar-refractivity contribution in [3.8, 4) is 0 Å². The number of alkyl halides is 3. The van der Waals surface area contributed by atoms with Crippen molar-refractivity contribution in [2.45, 2.75) is 19.0 Å². The highest BCUT2D eigenvalue weighted by Crippen LogP contribution is 2.25. The van der Waals surface area contributed by atoms with Gasteiger partial charge in [0.2, 0.25) is 0 Å². The van der Waals surface area contributed by atoms with Crippen LogP contribution in [0.2, 0.25) is 0 Å². The number of hydrogen-bond acceptors (Lipinski definition) is 3. The molecule has 0 amide bonds. The van der Waals surface area contributed by atoms with Crippen LogP contribution in [0.15, 0.2) is 18.2 Å². The van der Waals surface area contributed by atoms with E-state index in [2.05, 4.69) is 0 Å². The number of rotatable bonds is 6. The number of hydrogen-bond donors (Lipinski definition) is 2. The lowest BCUT2D eigenvalue weighted by atomic mass is 9.99. The van der Waals surface area contributed by atoms with E-state index in [4.69, 9.17) is 16.7 Å². The number of Topliss-reactive ketones (excluding diaryl/α,β-unsaturated/α-hetero) is 1. The lowest BCUT2D eigenvalue weighted by Gasteiger charge is -2.11. The van der Waals surface area contributed by atoms with Gasteiger partial charge in [0, 0.05) is 23.4 Å². The fourth-order valence-corrected chi connectivity index (χ4v) is 1.67. The summed E-state index contributed by atoms with van der Waals surface area (Å²) in [5, 5.41) is 18.0. The van der Waals surface area contributed by atoms with Gasteiger partial charge in [-0.1, -0.05) is 0 Å². The molecule has 4 nitrogen and oxygen atoms in total. The summed E-state index contributed by atoms with van der Waals surface area (Å²) in [4.78, 5) is 22.2. The molecule has 7 heteroatoms. The highest BCUT2D eigenvalue weighted by Gasteiger charge is 2.21. The highest BCUT2D eigenvalue weighted by molar-refractivity contribution is 6.19. The molecule has 0 aliphatic carbocycles. The van der Waals surface area contributed by atoms with Crippen LogP contribution in [0.5, 0.6) is 0 Å². The molecule has 2 N–H and O–H groups in total. The standard InChI is InChI=1S/C12H11ClF2O4/c13-2-1-9(16)6-3-7(10(17)12(18)19)5-8(4-6)11(14)15/h3-5,10-11,17H,1-2H2,(H,18,19). The topological polar surface area (TPSA) is 74.6 Å². The van der Waals surface area contributed by atoms with Gasteiger partial charge in [-0.2, -0.15) is 0 Å². The molecule has 104 valence electrons. The van der Waals surface area contributed by atoms with E-state index in [-0.39, 0.29) is 23.4 Å². The molecular weight excluding hydrogens is 282 g/mol. The molecule has 0 spiro atoms. The number of halogens is 3. The van der Waals surface area contributed by atoms with Crippen molar-refractivity contribution in [1.29, 1.82) is 0 Å². The van der Waals surface area contributed by atoms with Gasteiger partial charge in [-0.3, -0.25) is 4.79 Å². The molecule has 0 aliphatic rings. The van der Waals surface area contributed by atoms with Gasteiger partial charge in [0.25, 0.3) is 6.43 Å². The third kappa shape index (κ3) is 3.97. The molecule has 19 heavy (non-hydrogen) atoms.